The van der Waals surface area contributed by atoms with E-state index < -0.39 is 0 Å². The summed E-state index contributed by atoms with van der Waals surface area (Å²) in [4.78, 5) is 18.2. The van der Waals surface area contributed by atoms with Crippen LogP contribution in [-0.4, -0.2) is 18.0 Å². The lowest BCUT2D eigenvalue weighted by Crippen LogP contribution is -1.88. The number of aromatic nitrogens is 1. The van der Waals surface area contributed by atoms with Gasteiger partial charge in [-0.15, -0.1) is 0 Å². The van der Waals surface area contributed by atoms with Gasteiger partial charge >= 0.3 is 0 Å². The molecule has 0 N–H and O–H groups in total. The van der Waals surface area contributed by atoms with Crippen molar-refractivity contribution in [1.82, 2.24) is 4.98 Å². The first-order valence-electron chi connectivity index (χ1n) is 4.52. The standard InChI is InChI=1S/C12H12N2O/c1-3-11(6-7-13-2)12-5-4-10(9-15)8-14-12/h3-9H,2H2,1H3/b7-6-,11-3+. The minimum absolute atomic E-state index is 0.569. The monoisotopic (exact) mass is 200 g/mol. The molecule has 76 valence electrons. The van der Waals surface area contributed by atoms with Crippen LogP contribution in [-0.2, 0) is 0 Å². The maximum Gasteiger partial charge on any atom is 0.151 e. The van der Waals surface area contributed by atoms with E-state index in [1.54, 1.807) is 24.5 Å². The smallest absolute Gasteiger partial charge is 0.151 e. The molecule has 15 heavy (non-hydrogen) atoms. The predicted molar refractivity (Wildman–Crippen MR) is 62.0 cm³/mol. The molecule has 0 unspecified atom stereocenters. The highest BCUT2D eigenvalue weighted by molar-refractivity contribution is 5.76. The fraction of sp³-hybridized carbons (Fsp3) is 0.0833. The first kappa shape index (κ1) is 11.0. The fourth-order valence-electron chi connectivity index (χ4n) is 1.11. The van der Waals surface area contributed by atoms with Crippen LogP contribution in [0.25, 0.3) is 5.57 Å². The number of aliphatic imine (C=N–C) groups is 1. The molecule has 0 aliphatic carbocycles. The maximum atomic E-state index is 10.4. The molecule has 0 radical (unpaired) electrons. The zero-order valence-electron chi connectivity index (χ0n) is 8.55. The van der Waals surface area contributed by atoms with Crippen molar-refractivity contribution in [2.45, 2.75) is 6.92 Å². The van der Waals surface area contributed by atoms with Crippen LogP contribution in [0, 0.1) is 0 Å². The van der Waals surface area contributed by atoms with Crippen molar-refractivity contribution >= 4 is 18.6 Å². The Morgan fingerprint density at radius 1 is 1.53 bits per heavy atom. The van der Waals surface area contributed by atoms with Crippen LogP contribution in [0.3, 0.4) is 0 Å². The van der Waals surface area contributed by atoms with E-state index in [9.17, 15) is 4.79 Å². The molecule has 0 amide bonds. The number of hydrogen-bond donors (Lipinski definition) is 0. The topological polar surface area (TPSA) is 42.3 Å². The van der Waals surface area contributed by atoms with Crippen molar-refractivity contribution in [3.8, 4) is 0 Å². The first-order chi connectivity index (χ1) is 7.31. The van der Waals surface area contributed by atoms with Gasteiger partial charge in [-0.25, -0.2) is 0 Å². The second-order valence-electron chi connectivity index (χ2n) is 2.84. The number of carbonyl (C=O) groups excluding carboxylic acids is 1. The van der Waals surface area contributed by atoms with Gasteiger partial charge in [0.2, 0.25) is 0 Å². The zero-order chi connectivity index (χ0) is 11.1. The third kappa shape index (κ3) is 2.98. The van der Waals surface area contributed by atoms with Gasteiger partial charge in [0, 0.05) is 18.0 Å². The number of allylic oxidation sites excluding steroid dienone is 3. The number of hydrogen-bond acceptors (Lipinski definition) is 3. The summed E-state index contributed by atoms with van der Waals surface area (Å²) in [5, 5.41) is 0. The Balaban J connectivity index is 2.98. The SMILES string of the molecule is C=N/C=C\C(=C/C)c1ccc(C=O)cn1. The van der Waals surface area contributed by atoms with E-state index in [1.807, 2.05) is 19.1 Å². The molecular formula is C12H12N2O. The highest BCUT2D eigenvalue weighted by atomic mass is 16.1. The Morgan fingerprint density at radius 3 is 2.80 bits per heavy atom. The minimum atomic E-state index is 0.569. The first-order valence-corrected chi connectivity index (χ1v) is 4.52. The summed E-state index contributed by atoms with van der Waals surface area (Å²) in [5.74, 6) is 0. The van der Waals surface area contributed by atoms with E-state index >= 15 is 0 Å². The van der Waals surface area contributed by atoms with Crippen molar-refractivity contribution in [2.75, 3.05) is 0 Å². The van der Waals surface area contributed by atoms with Crippen LogP contribution in [0.1, 0.15) is 23.0 Å². The largest absolute Gasteiger partial charge is 0.298 e. The molecule has 1 rings (SSSR count). The molecule has 0 saturated carbocycles. The van der Waals surface area contributed by atoms with Gasteiger partial charge in [-0.2, -0.15) is 0 Å². The van der Waals surface area contributed by atoms with Gasteiger partial charge in [0.15, 0.2) is 6.29 Å². The normalized spacial score (nSPS) is 11.7. The van der Waals surface area contributed by atoms with Crippen LogP contribution in [0.5, 0.6) is 0 Å². The number of pyridine rings is 1. The van der Waals surface area contributed by atoms with Crippen molar-refractivity contribution in [2.24, 2.45) is 4.99 Å². The third-order valence-electron chi connectivity index (χ3n) is 1.89. The van der Waals surface area contributed by atoms with E-state index in [0.29, 0.717) is 5.56 Å². The zero-order valence-corrected chi connectivity index (χ0v) is 8.55. The van der Waals surface area contributed by atoms with Gasteiger partial charge in [0.25, 0.3) is 0 Å². The predicted octanol–water partition coefficient (Wildman–Crippen LogP) is 2.51. The molecule has 0 aliphatic heterocycles. The van der Waals surface area contributed by atoms with E-state index in [0.717, 1.165) is 17.6 Å². The highest BCUT2D eigenvalue weighted by Gasteiger charge is 1.98. The molecular weight excluding hydrogens is 188 g/mol. The Bertz CT molecular complexity index is 402. The van der Waals surface area contributed by atoms with Crippen molar-refractivity contribution in [1.29, 1.82) is 0 Å². The summed E-state index contributed by atoms with van der Waals surface area (Å²) < 4.78 is 0. The molecule has 3 nitrogen and oxygen atoms in total. The molecule has 0 aromatic carbocycles. The molecule has 0 aliphatic rings. The third-order valence-corrected chi connectivity index (χ3v) is 1.89. The lowest BCUT2D eigenvalue weighted by Gasteiger charge is -2.00. The van der Waals surface area contributed by atoms with Crippen LogP contribution in [0.2, 0.25) is 0 Å². The van der Waals surface area contributed by atoms with Crippen LogP contribution in [0.15, 0.2) is 41.7 Å². The summed E-state index contributed by atoms with van der Waals surface area (Å²) in [6.45, 7) is 5.27. The van der Waals surface area contributed by atoms with Gasteiger partial charge in [-0.3, -0.25) is 14.8 Å². The van der Waals surface area contributed by atoms with E-state index in [-0.39, 0.29) is 0 Å². The van der Waals surface area contributed by atoms with Gasteiger partial charge < -0.3 is 0 Å². The molecule has 1 aromatic rings. The summed E-state index contributed by atoms with van der Waals surface area (Å²) in [6.07, 6.45) is 7.65. The minimum Gasteiger partial charge on any atom is -0.298 e. The quantitative estimate of drug-likeness (QED) is 0.425. The number of carbonyl (C=O) groups is 1. The van der Waals surface area contributed by atoms with Gasteiger partial charge in [-0.05, 0) is 37.4 Å². The molecule has 0 bridgehead atoms. The van der Waals surface area contributed by atoms with Gasteiger partial charge in [0.05, 0.1) is 5.69 Å². The number of nitrogens with zero attached hydrogens (tertiary/aromatic N) is 2. The molecule has 0 atom stereocenters. The van der Waals surface area contributed by atoms with E-state index in [4.69, 9.17) is 0 Å². The van der Waals surface area contributed by atoms with Crippen molar-refractivity contribution in [3.05, 3.63) is 47.9 Å². The summed E-state index contributed by atoms with van der Waals surface area (Å²) in [7, 11) is 0. The summed E-state index contributed by atoms with van der Waals surface area (Å²) in [6, 6.07) is 3.53. The average molecular weight is 200 g/mol. The van der Waals surface area contributed by atoms with Gasteiger partial charge in [0.1, 0.15) is 0 Å². The van der Waals surface area contributed by atoms with E-state index in [1.165, 1.54) is 0 Å². The second-order valence-corrected chi connectivity index (χ2v) is 2.84. The van der Waals surface area contributed by atoms with Crippen LogP contribution in [0.4, 0.5) is 0 Å². The number of aldehydes is 1. The van der Waals surface area contributed by atoms with Crippen LogP contribution < -0.4 is 0 Å². The molecule has 0 saturated heterocycles. The molecule has 3 heteroatoms. The molecule has 0 fully saturated rings. The maximum absolute atomic E-state index is 10.4. The van der Waals surface area contributed by atoms with Gasteiger partial charge in [-0.1, -0.05) is 6.08 Å². The molecule has 1 heterocycles. The Morgan fingerprint density at radius 2 is 2.33 bits per heavy atom. The van der Waals surface area contributed by atoms with Crippen molar-refractivity contribution in [3.63, 3.8) is 0 Å². The molecule has 1 aromatic heterocycles. The Labute approximate surface area is 88.9 Å². The molecule has 0 spiro atoms. The lowest BCUT2D eigenvalue weighted by atomic mass is 10.1. The number of rotatable bonds is 4. The van der Waals surface area contributed by atoms with Crippen molar-refractivity contribution < 1.29 is 4.79 Å². The lowest BCUT2D eigenvalue weighted by molar-refractivity contribution is 0.112. The fourth-order valence-corrected chi connectivity index (χ4v) is 1.11. The highest BCUT2D eigenvalue weighted by Crippen LogP contribution is 2.13. The summed E-state index contributed by atoms with van der Waals surface area (Å²) >= 11 is 0. The van der Waals surface area contributed by atoms with Crippen LogP contribution >= 0.6 is 0 Å². The Hall–Kier alpha value is -2.03. The Kier molecular flexibility index (Phi) is 4.16. The summed E-state index contributed by atoms with van der Waals surface area (Å²) in [5.41, 5.74) is 2.32. The second kappa shape index (κ2) is 5.65. The van der Waals surface area contributed by atoms with E-state index in [2.05, 4.69) is 16.7 Å². The average Bonchev–Trinajstić information content (AvgIpc) is 2.31.